The Morgan fingerprint density at radius 3 is 2.79 bits per heavy atom. The van der Waals surface area contributed by atoms with E-state index < -0.39 is 11.1 Å². The van der Waals surface area contributed by atoms with Crippen LogP contribution in [-0.2, 0) is 23.3 Å². The zero-order chi connectivity index (χ0) is 10.6. The summed E-state index contributed by atoms with van der Waals surface area (Å²) in [5, 5.41) is 1.36. The van der Waals surface area contributed by atoms with Crippen molar-refractivity contribution < 1.29 is 8.76 Å². The van der Waals surface area contributed by atoms with Crippen LogP contribution in [0.1, 0.15) is 11.1 Å². The van der Waals surface area contributed by atoms with Crippen LogP contribution in [0.25, 0.3) is 0 Å². The van der Waals surface area contributed by atoms with E-state index in [4.69, 9.17) is 11.6 Å². The van der Waals surface area contributed by atoms with Crippen molar-refractivity contribution in [2.75, 3.05) is 5.33 Å². The van der Waals surface area contributed by atoms with Crippen molar-refractivity contribution in [3.63, 3.8) is 0 Å². The van der Waals surface area contributed by atoms with E-state index in [-0.39, 0.29) is 5.75 Å². The van der Waals surface area contributed by atoms with Gasteiger partial charge in [-0.25, -0.2) is 0 Å². The van der Waals surface area contributed by atoms with Crippen LogP contribution in [0.3, 0.4) is 0 Å². The molecule has 0 saturated carbocycles. The average Bonchev–Trinajstić information content (AvgIpc) is 2.10. The molecule has 0 aromatic heterocycles. The van der Waals surface area contributed by atoms with Crippen molar-refractivity contribution in [3.05, 3.63) is 34.3 Å². The van der Waals surface area contributed by atoms with Gasteiger partial charge in [0.05, 0.1) is 0 Å². The van der Waals surface area contributed by atoms with Gasteiger partial charge in [0, 0.05) is 16.1 Å². The Bertz CT molecular complexity index is 344. The largest absolute Gasteiger partial charge is 0.772 e. The van der Waals surface area contributed by atoms with E-state index in [1.807, 2.05) is 12.1 Å². The van der Waals surface area contributed by atoms with Gasteiger partial charge in [-0.15, -0.1) is 0 Å². The third-order valence-electron chi connectivity index (χ3n) is 1.77. The summed E-state index contributed by atoms with van der Waals surface area (Å²) < 4.78 is 21.0. The summed E-state index contributed by atoms with van der Waals surface area (Å²) in [6, 6.07) is 5.47. The molecule has 0 bridgehead atoms. The lowest BCUT2D eigenvalue weighted by atomic mass is 10.1. The fraction of sp³-hybridized carbons (Fsp3) is 0.333. The van der Waals surface area contributed by atoms with Crippen molar-refractivity contribution in [2.45, 2.75) is 12.2 Å². The normalized spacial score (nSPS) is 12.8. The van der Waals surface area contributed by atoms with Gasteiger partial charge in [0.1, 0.15) is 0 Å². The molecule has 78 valence electrons. The third-order valence-corrected chi connectivity index (χ3v) is 3.08. The molecule has 0 aliphatic rings. The molecule has 1 atom stereocenters. The van der Waals surface area contributed by atoms with Gasteiger partial charge < -0.3 is 4.55 Å². The highest BCUT2D eigenvalue weighted by atomic mass is 79.9. The quantitative estimate of drug-likeness (QED) is 0.633. The van der Waals surface area contributed by atoms with E-state index in [1.165, 1.54) is 0 Å². The highest BCUT2D eigenvalue weighted by Gasteiger charge is 2.02. The Morgan fingerprint density at radius 2 is 2.21 bits per heavy atom. The van der Waals surface area contributed by atoms with Crippen LogP contribution in [-0.4, -0.2) is 14.1 Å². The molecule has 1 rings (SSSR count). The Labute approximate surface area is 99.1 Å². The molecule has 5 heteroatoms. The maximum absolute atomic E-state index is 10.5. The molecule has 0 amide bonds. The molecule has 0 aliphatic heterocycles. The van der Waals surface area contributed by atoms with Gasteiger partial charge in [0.2, 0.25) is 0 Å². The molecule has 0 heterocycles. The first-order valence-electron chi connectivity index (χ1n) is 4.02. The minimum absolute atomic E-state index is 0.0189. The van der Waals surface area contributed by atoms with Crippen LogP contribution in [0.5, 0.6) is 0 Å². The van der Waals surface area contributed by atoms with Crippen LogP contribution in [0, 0.1) is 0 Å². The number of rotatable bonds is 4. The first kappa shape index (κ1) is 12.2. The average molecular weight is 297 g/mol. The Hall–Kier alpha value is 0.1000. The van der Waals surface area contributed by atoms with E-state index >= 15 is 0 Å². The molecule has 1 unspecified atom stereocenters. The number of halogens is 2. The summed E-state index contributed by atoms with van der Waals surface area (Å²) in [5.41, 5.74) is 1.75. The number of hydrogen-bond donors (Lipinski definition) is 0. The minimum atomic E-state index is -2.09. The summed E-state index contributed by atoms with van der Waals surface area (Å²) >= 11 is 7.10. The number of hydrogen-bond acceptors (Lipinski definition) is 2. The number of alkyl halides is 1. The smallest absolute Gasteiger partial charge is 0.0447 e. The molecular weight excluding hydrogens is 288 g/mol. The molecular formula is C9H9BrClO2S-. The highest BCUT2D eigenvalue weighted by Crippen LogP contribution is 2.19. The molecule has 0 radical (unpaired) electrons. The number of benzene rings is 1. The van der Waals surface area contributed by atoms with Crippen LogP contribution in [0.15, 0.2) is 18.2 Å². The lowest BCUT2D eigenvalue weighted by molar-refractivity contribution is 0.536. The second-order valence-electron chi connectivity index (χ2n) is 2.81. The van der Waals surface area contributed by atoms with Gasteiger partial charge in [-0.2, -0.15) is 0 Å². The first-order valence-corrected chi connectivity index (χ1v) is 6.77. The first-order chi connectivity index (χ1) is 6.63. The van der Waals surface area contributed by atoms with E-state index in [2.05, 4.69) is 15.9 Å². The second kappa shape index (κ2) is 5.85. The lowest BCUT2D eigenvalue weighted by Gasteiger charge is -2.08. The molecule has 0 fully saturated rings. The zero-order valence-electron chi connectivity index (χ0n) is 7.33. The van der Waals surface area contributed by atoms with E-state index in [0.717, 1.165) is 17.3 Å². The van der Waals surface area contributed by atoms with Crippen molar-refractivity contribution in [1.29, 1.82) is 0 Å². The van der Waals surface area contributed by atoms with Gasteiger partial charge in [-0.1, -0.05) is 50.7 Å². The molecule has 2 nitrogen and oxygen atoms in total. The van der Waals surface area contributed by atoms with Gasteiger partial charge in [0.25, 0.3) is 0 Å². The third kappa shape index (κ3) is 3.69. The van der Waals surface area contributed by atoms with Crippen molar-refractivity contribution >= 4 is 38.6 Å². The second-order valence-corrected chi connectivity index (χ2v) is 4.91. The summed E-state index contributed by atoms with van der Waals surface area (Å²) in [7, 11) is 0. The van der Waals surface area contributed by atoms with Crippen molar-refractivity contribution in [1.82, 2.24) is 0 Å². The predicted octanol–water partition coefficient (Wildman–Crippen LogP) is 2.66. The SMILES string of the molecule is O=S([O-])Cc1cc(CCBr)ccc1Cl. The molecule has 0 aliphatic carbocycles. The Morgan fingerprint density at radius 1 is 1.50 bits per heavy atom. The number of aryl methyl sites for hydroxylation is 1. The van der Waals surface area contributed by atoms with Gasteiger partial charge in [-0.05, 0) is 23.6 Å². The summed E-state index contributed by atoms with van der Waals surface area (Å²) in [6.45, 7) is 0. The van der Waals surface area contributed by atoms with Crippen LogP contribution < -0.4 is 0 Å². The van der Waals surface area contributed by atoms with E-state index in [9.17, 15) is 8.76 Å². The summed E-state index contributed by atoms with van der Waals surface area (Å²) in [4.78, 5) is 0. The molecule has 0 spiro atoms. The topological polar surface area (TPSA) is 40.1 Å². The summed E-state index contributed by atoms with van der Waals surface area (Å²) in [5.74, 6) is -0.0189. The minimum Gasteiger partial charge on any atom is -0.772 e. The molecule has 14 heavy (non-hydrogen) atoms. The Balaban J connectivity index is 2.90. The zero-order valence-corrected chi connectivity index (χ0v) is 10.5. The van der Waals surface area contributed by atoms with Crippen molar-refractivity contribution in [2.24, 2.45) is 0 Å². The van der Waals surface area contributed by atoms with Gasteiger partial charge in [0.15, 0.2) is 0 Å². The Kier molecular flexibility index (Phi) is 5.09. The maximum Gasteiger partial charge on any atom is 0.0447 e. The van der Waals surface area contributed by atoms with E-state index in [0.29, 0.717) is 10.6 Å². The van der Waals surface area contributed by atoms with E-state index in [1.54, 1.807) is 6.07 Å². The summed E-state index contributed by atoms with van der Waals surface area (Å²) in [6.07, 6.45) is 0.871. The standard InChI is InChI=1S/C9H10BrClO2S/c10-4-3-7-1-2-9(11)8(5-7)6-14(12)13/h1-2,5H,3-4,6H2,(H,12,13)/p-1. The van der Waals surface area contributed by atoms with Crippen LogP contribution >= 0.6 is 27.5 Å². The fourth-order valence-corrected chi connectivity index (χ4v) is 2.34. The highest BCUT2D eigenvalue weighted by molar-refractivity contribution is 9.09. The molecule has 0 N–H and O–H groups in total. The van der Waals surface area contributed by atoms with Crippen LogP contribution in [0.2, 0.25) is 5.02 Å². The monoisotopic (exact) mass is 295 g/mol. The van der Waals surface area contributed by atoms with Gasteiger partial charge >= 0.3 is 0 Å². The van der Waals surface area contributed by atoms with Crippen molar-refractivity contribution in [3.8, 4) is 0 Å². The molecule has 1 aromatic carbocycles. The molecule has 1 aromatic rings. The molecule has 0 saturated heterocycles. The fourth-order valence-electron chi connectivity index (χ4n) is 1.13. The predicted molar refractivity (Wildman–Crippen MR) is 61.6 cm³/mol. The maximum atomic E-state index is 10.5. The van der Waals surface area contributed by atoms with Crippen LogP contribution in [0.4, 0.5) is 0 Å². The lowest BCUT2D eigenvalue weighted by Crippen LogP contribution is -1.96. The van der Waals surface area contributed by atoms with Gasteiger partial charge in [-0.3, -0.25) is 4.21 Å².